The summed E-state index contributed by atoms with van der Waals surface area (Å²) in [5.74, 6) is 0.693. The van der Waals surface area contributed by atoms with E-state index in [1.807, 2.05) is 47.5 Å². The van der Waals surface area contributed by atoms with E-state index in [1.165, 1.54) is 6.07 Å². The molecule has 1 N–H and O–H groups in total. The van der Waals surface area contributed by atoms with Crippen LogP contribution in [0, 0.1) is 12.7 Å². The van der Waals surface area contributed by atoms with Crippen LogP contribution in [0.5, 0.6) is 5.75 Å². The molecule has 4 aromatic rings. The number of aromatic nitrogens is 4. The van der Waals surface area contributed by atoms with Gasteiger partial charge in [-0.1, -0.05) is 6.07 Å². The van der Waals surface area contributed by atoms with Crippen LogP contribution in [0.4, 0.5) is 10.1 Å². The normalized spacial score (nSPS) is 16.9. The van der Waals surface area contributed by atoms with Crippen LogP contribution >= 0.6 is 0 Å². The van der Waals surface area contributed by atoms with E-state index in [-0.39, 0.29) is 11.7 Å². The number of carbonyl (C=O) groups is 1. The first kappa shape index (κ1) is 20.7. The van der Waals surface area contributed by atoms with Crippen molar-refractivity contribution in [3.05, 3.63) is 77.9 Å². The van der Waals surface area contributed by atoms with Crippen molar-refractivity contribution in [2.24, 2.45) is 0 Å². The maximum atomic E-state index is 14.9. The molecule has 2 aromatic heterocycles. The zero-order valence-electron chi connectivity index (χ0n) is 19.0. The van der Waals surface area contributed by atoms with Gasteiger partial charge in [0.05, 0.1) is 41.1 Å². The third kappa shape index (κ3) is 3.55. The Hall–Kier alpha value is -3.94. The summed E-state index contributed by atoms with van der Waals surface area (Å²) in [4.78, 5) is 22.2. The number of aryl methyl sites for hydroxylation is 1. The number of benzene rings is 2. The molecule has 3 heterocycles. The highest BCUT2D eigenvalue weighted by atomic mass is 19.1. The molecule has 0 radical (unpaired) electrons. The van der Waals surface area contributed by atoms with Gasteiger partial charge in [-0.15, -0.1) is 0 Å². The molecule has 6 rings (SSSR count). The molecule has 1 saturated carbocycles. The van der Waals surface area contributed by atoms with E-state index >= 15 is 0 Å². The third-order valence-corrected chi connectivity index (χ3v) is 6.40. The molecule has 172 valence electrons. The Labute approximate surface area is 196 Å². The molecule has 0 saturated heterocycles. The van der Waals surface area contributed by atoms with Crippen molar-refractivity contribution in [1.82, 2.24) is 19.1 Å². The summed E-state index contributed by atoms with van der Waals surface area (Å²) in [7, 11) is 0. The summed E-state index contributed by atoms with van der Waals surface area (Å²) < 4.78 is 25.0. The van der Waals surface area contributed by atoms with Crippen LogP contribution in [-0.2, 0) is 6.54 Å². The molecule has 2 aromatic carbocycles. The number of para-hydroxylation sites is 1. The summed E-state index contributed by atoms with van der Waals surface area (Å²) in [5, 5.41) is 2.86. The minimum Gasteiger partial charge on any atom is -0.486 e. The van der Waals surface area contributed by atoms with Gasteiger partial charge in [-0.05, 0) is 56.5 Å². The van der Waals surface area contributed by atoms with Gasteiger partial charge in [-0.2, -0.15) is 0 Å². The molecule has 1 amide bonds. The van der Waals surface area contributed by atoms with Gasteiger partial charge < -0.3 is 19.2 Å². The largest absolute Gasteiger partial charge is 0.486 e. The van der Waals surface area contributed by atoms with Gasteiger partial charge >= 0.3 is 0 Å². The van der Waals surface area contributed by atoms with Gasteiger partial charge in [0.15, 0.2) is 5.75 Å². The van der Waals surface area contributed by atoms with E-state index in [9.17, 15) is 9.18 Å². The number of halogens is 1. The zero-order valence-corrected chi connectivity index (χ0v) is 19.0. The SMILES string of the molecule is Cc1cc(F)c(C(=O)Nc2cccc3c2O[C@@H](C)Cn2ccnc2-3)cc1-n1cnc(C2CC2)c1. The number of nitrogens with zero attached hydrogens (tertiary/aromatic N) is 4. The van der Waals surface area contributed by atoms with Crippen LogP contribution in [0.2, 0.25) is 0 Å². The van der Waals surface area contributed by atoms with Crippen LogP contribution < -0.4 is 10.1 Å². The number of ether oxygens (including phenoxy) is 1. The van der Waals surface area contributed by atoms with Gasteiger partial charge in [0.2, 0.25) is 0 Å². The lowest BCUT2D eigenvalue weighted by Gasteiger charge is -2.17. The summed E-state index contributed by atoms with van der Waals surface area (Å²) in [6, 6.07) is 8.46. The maximum absolute atomic E-state index is 14.9. The second-order valence-corrected chi connectivity index (χ2v) is 9.07. The summed E-state index contributed by atoms with van der Waals surface area (Å²) in [6.45, 7) is 4.43. The summed E-state index contributed by atoms with van der Waals surface area (Å²) in [5.41, 5.74) is 3.71. The van der Waals surface area contributed by atoms with Gasteiger partial charge in [0.25, 0.3) is 5.91 Å². The van der Waals surface area contributed by atoms with E-state index in [1.54, 1.807) is 24.7 Å². The standard InChI is InChI=1S/C26H24FN5O2/c1-15-10-20(27)19(11-23(15)32-13-22(29-14-32)17-6-7-17)26(33)30-21-5-3-4-18-24(21)34-16(2)12-31-9-8-28-25(18)31/h3-5,8-11,13-14,16-17H,6-7,12H2,1-2H3,(H,30,33)/t16-/m0/s1. The molecule has 1 fully saturated rings. The summed E-state index contributed by atoms with van der Waals surface area (Å²) >= 11 is 0. The average Bonchev–Trinajstić information content (AvgIpc) is 3.40. The molecule has 1 aliphatic heterocycles. The molecule has 1 aliphatic carbocycles. The number of fused-ring (bicyclic) bond motifs is 3. The molecule has 7 nitrogen and oxygen atoms in total. The second kappa shape index (κ2) is 7.83. The first-order valence-corrected chi connectivity index (χ1v) is 11.4. The lowest BCUT2D eigenvalue weighted by atomic mass is 10.1. The van der Waals surface area contributed by atoms with Crippen molar-refractivity contribution < 1.29 is 13.9 Å². The van der Waals surface area contributed by atoms with Gasteiger partial charge in [-0.25, -0.2) is 14.4 Å². The molecule has 8 heteroatoms. The average molecular weight is 458 g/mol. The fraction of sp³-hybridized carbons (Fsp3) is 0.269. The quantitative estimate of drug-likeness (QED) is 0.463. The number of nitrogens with one attached hydrogen (secondary N) is 1. The van der Waals surface area contributed by atoms with E-state index in [0.717, 1.165) is 41.2 Å². The van der Waals surface area contributed by atoms with Crippen LogP contribution in [0.25, 0.3) is 17.1 Å². The van der Waals surface area contributed by atoms with Crippen LogP contribution in [0.15, 0.2) is 55.2 Å². The monoisotopic (exact) mass is 457 g/mol. The predicted octanol–water partition coefficient (Wildman–Crippen LogP) is 5.09. The van der Waals surface area contributed by atoms with Crippen LogP contribution in [0.1, 0.15) is 47.3 Å². The number of hydrogen-bond donors (Lipinski definition) is 1. The number of hydrogen-bond acceptors (Lipinski definition) is 4. The second-order valence-electron chi connectivity index (χ2n) is 9.07. The Bertz CT molecular complexity index is 1420. The highest BCUT2D eigenvalue weighted by molar-refractivity contribution is 6.06. The van der Waals surface area contributed by atoms with E-state index in [2.05, 4.69) is 15.3 Å². The van der Waals surface area contributed by atoms with Gasteiger partial charge in [-0.3, -0.25) is 4.79 Å². The molecule has 0 spiro atoms. The smallest absolute Gasteiger partial charge is 0.258 e. The minimum absolute atomic E-state index is 0.0388. The zero-order chi connectivity index (χ0) is 23.4. The molecule has 0 unspecified atom stereocenters. The Balaban J connectivity index is 1.35. The molecule has 0 bridgehead atoms. The lowest BCUT2D eigenvalue weighted by molar-refractivity contribution is 0.102. The Kier molecular flexibility index (Phi) is 4.76. The van der Waals surface area contributed by atoms with Crippen molar-refractivity contribution in [3.63, 3.8) is 0 Å². The first-order chi connectivity index (χ1) is 16.5. The number of carbonyl (C=O) groups excluding carboxylic acids is 1. The van der Waals surface area contributed by atoms with E-state index < -0.39 is 11.7 Å². The maximum Gasteiger partial charge on any atom is 0.258 e. The Morgan fingerprint density at radius 1 is 1.24 bits per heavy atom. The number of imidazole rings is 2. The fourth-order valence-corrected chi connectivity index (χ4v) is 4.52. The third-order valence-electron chi connectivity index (χ3n) is 6.40. The fourth-order valence-electron chi connectivity index (χ4n) is 4.52. The topological polar surface area (TPSA) is 74.0 Å². The van der Waals surface area contributed by atoms with Crippen molar-refractivity contribution >= 4 is 11.6 Å². The lowest BCUT2D eigenvalue weighted by Crippen LogP contribution is -2.19. The number of anilines is 1. The highest BCUT2D eigenvalue weighted by Gasteiger charge is 2.27. The van der Waals surface area contributed by atoms with Crippen molar-refractivity contribution in [1.29, 1.82) is 0 Å². The Morgan fingerprint density at radius 3 is 2.91 bits per heavy atom. The van der Waals surface area contributed by atoms with E-state index in [4.69, 9.17) is 4.74 Å². The van der Waals surface area contributed by atoms with Crippen LogP contribution in [-0.4, -0.2) is 31.1 Å². The van der Waals surface area contributed by atoms with E-state index in [0.29, 0.717) is 23.9 Å². The summed E-state index contributed by atoms with van der Waals surface area (Å²) in [6.07, 6.45) is 9.51. The van der Waals surface area contributed by atoms with Crippen LogP contribution in [0.3, 0.4) is 0 Å². The predicted molar refractivity (Wildman–Crippen MR) is 126 cm³/mol. The molecular formula is C26H24FN5O2. The van der Waals surface area contributed by atoms with Gasteiger partial charge in [0, 0.05) is 24.5 Å². The minimum atomic E-state index is -0.576. The van der Waals surface area contributed by atoms with Gasteiger partial charge in [0.1, 0.15) is 17.7 Å². The molecule has 1 atom stereocenters. The first-order valence-electron chi connectivity index (χ1n) is 11.4. The molecular weight excluding hydrogens is 433 g/mol. The molecule has 2 aliphatic rings. The van der Waals surface area contributed by atoms with Crippen molar-refractivity contribution in [2.45, 2.75) is 45.3 Å². The van der Waals surface area contributed by atoms with Crippen molar-refractivity contribution in [2.75, 3.05) is 5.32 Å². The molecule has 34 heavy (non-hydrogen) atoms. The highest BCUT2D eigenvalue weighted by Crippen LogP contribution is 2.40. The van der Waals surface area contributed by atoms with Crippen molar-refractivity contribution in [3.8, 4) is 22.8 Å². The Morgan fingerprint density at radius 2 is 2.09 bits per heavy atom. The number of amides is 1. The number of rotatable bonds is 4.